The molecule has 0 saturated carbocycles. The van der Waals surface area contributed by atoms with Crippen molar-refractivity contribution in [1.82, 2.24) is 0 Å². The summed E-state index contributed by atoms with van der Waals surface area (Å²) in [6.07, 6.45) is 0. The van der Waals surface area contributed by atoms with Crippen molar-refractivity contribution in [2.75, 3.05) is 4.90 Å². The van der Waals surface area contributed by atoms with E-state index in [1.807, 2.05) is 30.3 Å². The molecule has 0 aliphatic carbocycles. The normalized spacial score (nSPS) is 11.8. The lowest BCUT2D eigenvalue weighted by Gasteiger charge is -2.28. The van der Waals surface area contributed by atoms with Crippen LogP contribution in [-0.2, 0) is 0 Å². The van der Waals surface area contributed by atoms with Gasteiger partial charge in [-0.3, -0.25) is 0 Å². The number of nitrogens with zero attached hydrogens (tertiary/aromatic N) is 1. The Labute approximate surface area is 333 Å². The second-order valence-corrected chi connectivity index (χ2v) is 14.8. The molecule has 12 aromatic rings. The Morgan fingerprint density at radius 1 is 0.293 bits per heavy atom. The third-order valence-corrected chi connectivity index (χ3v) is 11.5. The Morgan fingerprint density at radius 3 is 1.48 bits per heavy atom. The lowest BCUT2D eigenvalue weighted by molar-refractivity contribution is 0.660. The summed E-state index contributed by atoms with van der Waals surface area (Å²) >= 11 is 0. The maximum Gasteiger partial charge on any atom is 0.149 e. The molecule has 0 aliphatic rings. The van der Waals surface area contributed by atoms with Gasteiger partial charge in [0.15, 0.2) is 0 Å². The van der Waals surface area contributed by atoms with Crippen LogP contribution in [0.3, 0.4) is 0 Å². The van der Waals surface area contributed by atoms with Gasteiger partial charge in [-0.25, -0.2) is 0 Å². The number of hydrogen-bond donors (Lipinski definition) is 0. The van der Waals surface area contributed by atoms with E-state index in [9.17, 15) is 0 Å². The van der Waals surface area contributed by atoms with Gasteiger partial charge in [0.1, 0.15) is 33.5 Å². The third kappa shape index (κ3) is 5.02. The summed E-state index contributed by atoms with van der Waals surface area (Å²) in [6.45, 7) is 0. The lowest BCUT2D eigenvalue weighted by Crippen LogP contribution is -2.11. The van der Waals surface area contributed by atoms with E-state index in [-0.39, 0.29) is 0 Å². The van der Waals surface area contributed by atoms with Crippen molar-refractivity contribution in [2.45, 2.75) is 0 Å². The van der Waals surface area contributed by atoms with Crippen LogP contribution in [0.15, 0.2) is 213 Å². The van der Waals surface area contributed by atoms with Crippen molar-refractivity contribution < 1.29 is 13.3 Å². The van der Waals surface area contributed by atoms with Crippen molar-refractivity contribution in [3.8, 4) is 33.4 Å². The minimum atomic E-state index is 0.742. The lowest BCUT2D eigenvalue weighted by atomic mass is 9.98. The second kappa shape index (κ2) is 12.9. The highest BCUT2D eigenvalue weighted by Gasteiger charge is 2.27. The Bertz CT molecular complexity index is 3480. The van der Waals surface area contributed by atoms with Gasteiger partial charge in [-0.1, -0.05) is 152 Å². The highest BCUT2D eigenvalue weighted by molar-refractivity contribution is 6.33. The van der Waals surface area contributed by atoms with Crippen molar-refractivity contribution in [2.24, 2.45) is 0 Å². The fourth-order valence-electron chi connectivity index (χ4n) is 8.83. The van der Waals surface area contributed by atoms with Gasteiger partial charge in [-0.05, 0) is 70.3 Å². The molecule has 3 heterocycles. The standard InChI is InChI=1S/C54H33NO3/c1-3-13-34(14-4-1)35-23-25-36(26-24-35)37-27-29-39(30-28-37)55(43-20-10-7-17-40(43)38-15-5-2-6-16-38)44-33-49-53(54-50(44)41-18-8-12-22-46(41)58-54)52-48(57-49)32-31-47-51(52)42-19-9-11-21-45(42)56-47/h1-33H. The van der Waals surface area contributed by atoms with E-state index >= 15 is 0 Å². The van der Waals surface area contributed by atoms with Gasteiger partial charge in [-0.15, -0.1) is 0 Å². The molecule has 0 fully saturated rings. The van der Waals surface area contributed by atoms with Crippen LogP contribution < -0.4 is 4.90 Å². The first-order valence-corrected chi connectivity index (χ1v) is 19.6. The fraction of sp³-hybridized carbons (Fsp3) is 0. The Morgan fingerprint density at radius 2 is 0.793 bits per heavy atom. The minimum absolute atomic E-state index is 0.742. The molecule has 9 aromatic carbocycles. The van der Waals surface area contributed by atoms with Gasteiger partial charge in [0.05, 0.1) is 22.1 Å². The topological polar surface area (TPSA) is 42.7 Å². The molecular formula is C54H33NO3. The first kappa shape index (κ1) is 32.4. The molecule has 58 heavy (non-hydrogen) atoms. The molecule has 0 amide bonds. The average Bonchev–Trinajstić information content (AvgIpc) is 3.99. The molecule has 3 aromatic heterocycles. The smallest absolute Gasteiger partial charge is 0.149 e. The molecule has 0 spiro atoms. The van der Waals surface area contributed by atoms with Gasteiger partial charge >= 0.3 is 0 Å². The zero-order valence-corrected chi connectivity index (χ0v) is 31.2. The van der Waals surface area contributed by atoms with Gasteiger partial charge in [0, 0.05) is 38.9 Å². The SMILES string of the molecule is c1ccc(-c2ccc(-c3ccc(N(c4ccccc4-c4ccccc4)c4cc5oc6ccc7oc8ccccc8c7c6c5c5oc6ccccc6c45)cc3)cc2)cc1. The van der Waals surface area contributed by atoms with E-state index in [1.54, 1.807) is 0 Å². The molecular weight excluding hydrogens is 711 g/mol. The predicted molar refractivity (Wildman–Crippen MR) is 239 cm³/mol. The summed E-state index contributed by atoms with van der Waals surface area (Å²) in [5, 5.41) is 6.05. The average molecular weight is 744 g/mol. The molecule has 0 atom stereocenters. The predicted octanol–water partition coefficient (Wildman–Crippen LogP) is 15.9. The van der Waals surface area contributed by atoms with Crippen molar-refractivity contribution in [1.29, 1.82) is 0 Å². The van der Waals surface area contributed by atoms with Crippen LogP contribution in [0.25, 0.3) is 99.2 Å². The largest absolute Gasteiger partial charge is 0.456 e. The molecule has 12 rings (SSSR count). The van der Waals surface area contributed by atoms with E-state index in [1.165, 1.54) is 11.1 Å². The number of fused-ring (bicyclic) bond motifs is 11. The number of furan rings is 3. The molecule has 0 N–H and O–H groups in total. The number of hydrogen-bond acceptors (Lipinski definition) is 4. The number of benzene rings is 9. The zero-order chi connectivity index (χ0) is 38.2. The maximum absolute atomic E-state index is 6.95. The monoisotopic (exact) mass is 743 g/mol. The van der Waals surface area contributed by atoms with Crippen molar-refractivity contribution in [3.05, 3.63) is 200 Å². The number of para-hydroxylation sites is 3. The minimum Gasteiger partial charge on any atom is -0.456 e. The van der Waals surface area contributed by atoms with E-state index in [2.05, 4.69) is 175 Å². The van der Waals surface area contributed by atoms with Gasteiger partial charge in [-0.2, -0.15) is 0 Å². The second-order valence-electron chi connectivity index (χ2n) is 14.8. The summed E-state index contributed by atoms with van der Waals surface area (Å²) < 4.78 is 20.2. The van der Waals surface area contributed by atoms with E-state index in [4.69, 9.17) is 13.3 Å². The number of rotatable bonds is 6. The van der Waals surface area contributed by atoms with Gasteiger partial charge in [0.25, 0.3) is 0 Å². The molecule has 0 saturated heterocycles. The van der Waals surface area contributed by atoms with E-state index in [0.29, 0.717) is 0 Å². The van der Waals surface area contributed by atoms with Crippen LogP contribution in [0.4, 0.5) is 17.1 Å². The van der Waals surface area contributed by atoms with Crippen LogP contribution in [-0.4, -0.2) is 0 Å². The van der Waals surface area contributed by atoms with Crippen LogP contribution in [0.2, 0.25) is 0 Å². The Balaban J connectivity index is 1.12. The Hall–Kier alpha value is -7.82. The zero-order valence-electron chi connectivity index (χ0n) is 31.2. The van der Waals surface area contributed by atoms with Crippen LogP contribution in [0, 0.1) is 0 Å². The maximum atomic E-state index is 6.95. The molecule has 0 aliphatic heterocycles. The molecule has 0 radical (unpaired) electrons. The third-order valence-electron chi connectivity index (χ3n) is 11.5. The summed E-state index contributed by atoms with van der Waals surface area (Å²) in [6, 6.07) is 70.2. The molecule has 0 unspecified atom stereocenters. The summed E-state index contributed by atoms with van der Waals surface area (Å²) in [7, 11) is 0. The van der Waals surface area contributed by atoms with Crippen LogP contribution >= 0.6 is 0 Å². The molecule has 4 heteroatoms. The number of anilines is 3. The fourth-order valence-corrected chi connectivity index (χ4v) is 8.83. The highest BCUT2D eigenvalue weighted by Crippen LogP contribution is 2.51. The Kier molecular flexibility index (Phi) is 7.20. The van der Waals surface area contributed by atoms with Crippen LogP contribution in [0.5, 0.6) is 0 Å². The first-order valence-electron chi connectivity index (χ1n) is 19.6. The van der Waals surface area contributed by atoms with Crippen molar-refractivity contribution in [3.63, 3.8) is 0 Å². The summed E-state index contributed by atoms with van der Waals surface area (Å²) in [5.74, 6) is 0. The van der Waals surface area contributed by atoms with Gasteiger partial charge in [0.2, 0.25) is 0 Å². The van der Waals surface area contributed by atoms with Crippen molar-refractivity contribution >= 4 is 82.9 Å². The molecule has 272 valence electrons. The van der Waals surface area contributed by atoms with Gasteiger partial charge < -0.3 is 18.2 Å². The van der Waals surface area contributed by atoms with Crippen LogP contribution in [0.1, 0.15) is 0 Å². The highest BCUT2D eigenvalue weighted by atomic mass is 16.3. The molecule has 0 bridgehead atoms. The first-order chi connectivity index (χ1) is 28.8. The molecule has 4 nitrogen and oxygen atoms in total. The summed E-state index contributed by atoms with van der Waals surface area (Å²) in [5.41, 5.74) is 14.7. The quantitative estimate of drug-likeness (QED) is 0.170. The van der Waals surface area contributed by atoms with E-state index in [0.717, 1.165) is 105 Å². The summed E-state index contributed by atoms with van der Waals surface area (Å²) in [4.78, 5) is 2.37. The van der Waals surface area contributed by atoms with E-state index < -0.39 is 0 Å².